The SMILES string of the molecule is CCCCCC(C)(C)CNCc1ncc(Cl)s1. The van der Waals surface area contributed by atoms with Gasteiger partial charge in [0.1, 0.15) is 9.34 Å². The second kappa shape index (κ2) is 7.34. The smallest absolute Gasteiger partial charge is 0.113 e. The minimum atomic E-state index is 0.371. The van der Waals surface area contributed by atoms with Crippen molar-refractivity contribution in [3.8, 4) is 0 Å². The Balaban J connectivity index is 2.20. The Morgan fingerprint density at radius 2 is 2.18 bits per heavy atom. The van der Waals surface area contributed by atoms with Crippen molar-refractivity contribution in [3.63, 3.8) is 0 Å². The molecule has 0 spiro atoms. The largest absolute Gasteiger partial charge is 0.310 e. The van der Waals surface area contributed by atoms with Crippen LogP contribution >= 0.6 is 22.9 Å². The average molecular weight is 275 g/mol. The third kappa shape index (κ3) is 6.39. The van der Waals surface area contributed by atoms with Gasteiger partial charge in [-0.15, -0.1) is 11.3 Å². The number of rotatable bonds is 8. The highest BCUT2D eigenvalue weighted by Crippen LogP contribution is 2.23. The summed E-state index contributed by atoms with van der Waals surface area (Å²) in [5.74, 6) is 0. The third-order valence-corrected chi connectivity index (χ3v) is 3.98. The third-order valence-electron chi connectivity index (χ3n) is 2.86. The monoisotopic (exact) mass is 274 g/mol. The lowest BCUT2D eigenvalue weighted by atomic mass is 9.87. The lowest BCUT2D eigenvalue weighted by Crippen LogP contribution is -2.29. The van der Waals surface area contributed by atoms with E-state index >= 15 is 0 Å². The quantitative estimate of drug-likeness (QED) is 0.707. The van der Waals surface area contributed by atoms with Crippen LogP contribution in [-0.4, -0.2) is 11.5 Å². The molecule has 0 radical (unpaired) electrons. The van der Waals surface area contributed by atoms with Crippen LogP contribution in [0.15, 0.2) is 6.20 Å². The van der Waals surface area contributed by atoms with Gasteiger partial charge in [-0.2, -0.15) is 0 Å². The van der Waals surface area contributed by atoms with Crippen molar-refractivity contribution >= 4 is 22.9 Å². The Labute approximate surface area is 114 Å². The van der Waals surface area contributed by atoms with Crippen molar-refractivity contribution in [2.45, 2.75) is 53.0 Å². The summed E-state index contributed by atoms with van der Waals surface area (Å²) < 4.78 is 0.768. The van der Waals surface area contributed by atoms with Crippen molar-refractivity contribution < 1.29 is 0 Å². The predicted octanol–water partition coefficient (Wildman–Crippen LogP) is 4.49. The molecule has 1 aromatic rings. The first-order chi connectivity index (χ1) is 8.03. The van der Waals surface area contributed by atoms with E-state index in [0.717, 1.165) is 22.4 Å². The molecule has 98 valence electrons. The number of hydrogen-bond acceptors (Lipinski definition) is 3. The molecule has 0 aromatic carbocycles. The number of hydrogen-bond donors (Lipinski definition) is 1. The maximum Gasteiger partial charge on any atom is 0.113 e. The Morgan fingerprint density at radius 1 is 1.41 bits per heavy atom. The minimum absolute atomic E-state index is 0.371. The lowest BCUT2D eigenvalue weighted by Gasteiger charge is -2.24. The van der Waals surface area contributed by atoms with Gasteiger partial charge >= 0.3 is 0 Å². The van der Waals surface area contributed by atoms with Crippen LogP contribution in [0.1, 0.15) is 51.5 Å². The van der Waals surface area contributed by atoms with E-state index in [-0.39, 0.29) is 0 Å². The Bertz CT molecular complexity index is 323. The summed E-state index contributed by atoms with van der Waals surface area (Å²) in [4.78, 5) is 4.23. The van der Waals surface area contributed by atoms with E-state index in [1.54, 1.807) is 17.5 Å². The number of unbranched alkanes of at least 4 members (excludes halogenated alkanes) is 2. The second-order valence-corrected chi connectivity index (χ2v) is 7.03. The van der Waals surface area contributed by atoms with E-state index in [0.29, 0.717) is 5.41 Å². The lowest BCUT2D eigenvalue weighted by molar-refractivity contribution is 0.302. The number of aromatic nitrogens is 1. The zero-order valence-electron chi connectivity index (χ0n) is 11.1. The zero-order valence-corrected chi connectivity index (χ0v) is 12.6. The second-order valence-electron chi connectivity index (χ2n) is 5.28. The van der Waals surface area contributed by atoms with Crippen molar-refractivity contribution in [3.05, 3.63) is 15.5 Å². The van der Waals surface area contributed by atoms with Crippen LogP contribution in [-0.2, 0) is 6.54 Å². The van der Waals surface area contributed by atoms with Crippen LogP contribution in [0.2, 0.25) is 4.34 Å². The normalized spacial score (nSPS) is 12.0. The van der Waals surface area contributed by atoms with Gasteiger partial charge in [-0.05, 0) is 11.8 Å². The fraction of sp³-hybridized carbons (Fsp3) is 0.769. The Hall–Kier alpha value is -0.120. The predicted molar refractivity (Wildman–Crippen MR) is 76.8 cm³/mol. The molecule has 0 unspecified atom stereocenters. The molecule has 0 bridgehead atoms. The molecule has 1 rings (SSSR count). The molecule has 1 N–H and O–H groups in total. The van der Waals surface area contributed by atoms with Gasteiger partial charge in [0.2, 0.25) is 0 Å². The summed E-state index contributed by atoms with van der Waals surface area (Å²) in [6.45, 7) is 8.76. The van der Waals surface area contributed by atoms with Crippen LogP contribution in [0.3, 0.4) is 0 Å². The highest BCUT2D eigenvalue weighted by Gasteiger charge is 2.16. The highest BCUT2D eigenvalue weighted by molar-refractivity contribution is 7.15. The van der Waals surface area contributed by atoms with E-state index in [1.165, 1.54) is 25.7 Å². The molecule has 0 saturated carbocycles. The van der Waals surface area contributed by atoms with Gasteiger partial charge < -0.3 is 5.32 Å². The van der Waals surface area contributed by atoms with E-state index in [2.05, 4.69) is 31.1 Å². The molecule has 2 nitrogen and oxygen atoms in total. The maximum atomic E-state index is 5.84. The summed E-state index contributed by atoms with van der Waals surface area (Å²) in [7, 11) is 0. The summed E-state index contributed by atoms with van der Waals surface area (Å²) in [6.07, 6.45) is 6.96. The first-order valence-corrected chi connectivity index (χ1v) is 7.54. The fourth-order valence-corrected chi connectivity index (χ4v) is 2.75. The van der Waals surface area contributed by atoms with Gasteiger partial charge in [0, 0.05) is 13.1 Å². The molecule has 1 heterocycles. The topological polar surface area (TPSA) is 24.9 Å². The first kappa shape index (κ1) is 14.9. The van der Waals surface area contributed by atoms with Crippen LogP contribution in [0.4, 0.5) is 0 Å². The molecule has 1 aromatic heterocycles. The van der Waals surface area contributed by atoms with Crippen LogP contribution in [0.5, 0.6) is 0 Å². The first-order valence-electron chi connectivity index (χ1n) is 6.34. The van der Waals surface area contributed by atoms with E-state index in [1.807, 2.05) is 0 Å². The Morgan fingerprint density at radius 3 is 2.76 bits per heavy atom. The molecule has 0 amide bonds. The molecule has 0 aliphatic heterocycles. The average Bonchev–Trinajstić information content (AvgIpc) is 2.64. The molecule has 0 aliphatic carbocycles. The molecular formula is C13H23ClN2S. The molecule has 0 saturated heterocycles. The van der Waals surface area contributed by atoms with Crippen LogP contribution < -0.4 is 5.32 Å². The Kier molecular flexibility index (Phi) is 6.45. The van der Waals surface area contributed by atoms with Crippen molar-refractivity contribution in [1.82, 2.24) is 10.3 Å². The molecule has 0 aliphatic rings. The van der Waals surface area contributed by atoms with Gasteiger partial charge in [0.25, 0.3) is 0 Å². The van der Waals surface area contributed by atoms with Crippen LogP contribution in [0.25, 0.3) is 0 Å². The summed E-state index contributed by atoms with van der Waals surface area (Å²) in [6, 6.07) is 0. The van der Waals surface area contributed by atoms with Gasteiger partial charge in [0.05, 0.1) is 6.20 Å². The van der Waals surface area contributed by atoms with Gasteiger partial charge in [0.15, 0.2) is 0 Å². The molecule has 4 heteroatoms. The van der Waals surface area contributed by atoms with E-state index in [4.69, 9.17) is 11.6 Å². The highest BCUT2D eigenvalue weighted by atomic mass is 35.5. The van der Waals surface area contributed by atoms with E-state index < -0.39 is 0 Å². The minimum Gasteiger partial charge on any atom is -0.310 e. The van der Waals surface area contributed by atoms with Crippen LogP contribution in [0, 0.1) is 5.41 Å². The van der Waals surface area contributed by atoms with Gasteiger partial charge in [-0.25, -0.2) is 4.98 Å². The summed E-state index contributed by atoms with van der Waals surface area (Å²) in [5, 5.41) is 4.54. The molecule has 0 fully saturated rings. The summed E-state index contributed by atoms with van der Waals surface area (Å²) in [5.41, 5.74) is 0.371. The summed E-state index contributed by atoms with van der Waals surface area (Å²) >= 11 is 7.39. The maximum absolute atomic E-state index is 5.84. The number of nitrogens with zero attached hydrogens (tertiary/aromatic N) is 1. The van der Waals surface area contributed by atoms with Gasteiger partial charge in [-0.3, -0.25) is 0 Å². The standard InChI is InChI=1S/C13H23ClN2S/c1-4-5-6-7-13(2,3)10-15-9-12-16-8-11(14)17-12/h8,15H,4-7,9-10H2,1-3H3. The van der Waals surface area contributed by atoms with Crippen molar-refractivity contribution in [1.29, 1.82) is 0 Å². The molecule has 0 atom stereocenters. The number of halogens is 1. The van der Waals surface area contributed by atoms with Crippen molar-refractivity contribution in [2.24, 2.45) is 5.41 Å². The molecular weight excluding hydrogens is 252 g/mol. The molecule has 17 heavy (non-hydrogen) atoms. The zero-order chi connectivity index (χ0) is 12.7. The van der Waals surface area contributed by atoms with E-state index in [9.17, 15) is 0 Å². The van der Waals surface area contributed by atoms with Crippen molar-refractivity contribution in [2.75, 3.05) is 6.54 Å². The van der Waals surface area contributed by atoms with Gasteiger partial charge in [-0.1, -0.05) is 51.6 Å². The fourth-order valence-electron chi connectivity index (χ4n) is 1.82. The number of nitrogens with one attached hydrogen (secondary N) is 1. The number of thiazole rings is 1.